The van der Waals surface area contributed by atoms with E-state index in [0.29, 0.717) is 24.8 Å². The Morgan fingerprint density at radius 2 is 2.20 bits per heavy atom. The third-order valence-electron chi connectivity index (χ3n) is 4.17. The van der Waals surface area contributed by atoms with Crippen LogP contribution in [0.1, 0.15) is 24.8 Å². The highest BCUT2D eigenvalue weighted by molar-refractivity contribution is 9.10. The highest BCUT2D eigenvalue weighted by Gasteiger charge is 2.16. The smallest absolute Gasteiger partial charge is 0.224 e. The zero-order valence-corrected chi connectivity index (χ0v) is 17.3. The maximum atomic E-state index is 12.3. The Balaban J connectivity index is 1.68. The Kier molecular flexibility index (Phi) is 8.61. The van der Waals surface area contributed by atoms with Crippen LogP contribution in [0.15, 0.2) is 33.7 Å². The van der Waals surface area contributed by atoms with E-state index in [-0.39, 0.29) is 5.91 Å². The first-order chi connectivity index (χ1) is 12.1. The lowest BCUT2D eigenvalue weighted by Gasteiger charge is -2.19. The maximum Gasteiger partial charge on any atom is 0.224 e. The first-order valence-electron chi connectivity index (χ1n) is 8.63. The van der Waals surface area contributed by atoms with Crippen molar-refractivity contribution in [3.8, 4) is 0 Å². The van der Waals surface area contributed by atoms with Crippen molar-refractivity contribution in [1.82, 2.24) is 15.5 Å². The molecule has 0 spiro atoms. The molecule has 2 rings (SSSR count). The van der Waals surface area contributed by atoms with Gasteiger partial charge in [-0.1, -0.05) is 34.1 Å². The Labute approximate surface area is 163 Å². The number of benzene rings is 1. The van der Waals surface area contributed by atoms with E-state index in [9.17, 15) is 4.79 Å². The number of carbonyl (C=O) groups excluding carboxylic acids is 1. The minimum atomic E-state index is 0.116. The van der Waals surface area contributed by atoms with Gasteiger partial charge in [-0.05, 0) is 30.2 Å². The molecule has 1 unspecified atom stereocenters. The highest BCUT2D eigenvalue weighted by Crippen LogP contribution is 2.25. The topological polar surface area (TPSA) is 56.7 Å². The second kappa shape index (κ2) is 10.7. The summed E-state index contributed by atoms with van der Waals surface area (Å²) in [6.45, 7) is 2.11. The van der Waals surface area contributed by atoms with Crippen molar-refractivity contribution >= 4 is 39.6 Å². The van der Waals surface area contributed by atoms with E-state index in [4.69, 9.17) is 0 Å². The molecule has 1 atom stereocenters. The van der Waals surface area contributed by atoms with Crippen molar-refractivity contribution in [3.63, 3.8) is 0 Å². The first-order valence-corrected chi connectivity index (χ1v) is 10.5. The molecule has 138 valence electrons. The van der Waals surface area contributed by atoms with Gasteiger partial charge in [-0.2, -0.15) is 11.8 Å². The fraction of sp³-hybridized carbons (Fsp3) is 0.556. The predicted octanol–water partition coefficient (Wildman–Crippen LogP) is 2.86. The number of thioether (sulfide) groups is 1. The normalized spacial score (nSPS) is 17.4. The number of carbonyl (C=O) groups is 1. The van der Waals surface area contributed by atoms with Crippen LogP contribution in [0, 0.1) is 0 Å². The number of nitrogens with zero attached hydrogens (tertiary/aromatic N) is 2. The van der Waals surface area contributed by atoms with Crippen molar-refractivity contribution in [2.45, 2.75) is 31.1 Å². The molecule has 1 amide bonds. The van der Waals surface area contributed by atoms with Gasteiger partial charge < -0.3 is 15.5 Å². The van der Waals surface area contributed by atoms with Gasteiger partial charge in [-0.3, -0.25) is 9.79 Å². The Morgan fingerprint density at radius 3 is 2.88 bits per heavy atom. The van der Waals surface area contributed by atoms with Crippen LogP contribution in [0.25, 0.3) is 0 Å². The average molecular weight is 427 g/mol. The molecule has 1 saturated heterocycles. The molecular weight excluding hydrogens is 400 g/mol. The van der Waals surface area contributed by atoms with Crippen LogP contribution in [0.4, 0.5) is 0 Å². The molecule has 0 saturated carbocycles. The Bertz CT molecular complexity index is 590. The van der Waals surface area contributed by atoms with Crippen molar-refractivity contribution in [3.05, 3.63) is 34.3 Å². The third kappa shape index (κ3) is 6.90. The standard InChI is InChI=1S/C18H27BrN4OS/c1-20-18(22-12-15-7-5-11-25-15)21-10-9-17(24)23(2)13-14-6-3-4-8-16(14)19/h3-4,6,8,15H,5,7,9-13H2,1-2H3,(H2,20,21,22). The molecule has 1 aliphatic heterocycles. The van der Waals surface area contributed by atoms with Gasteiger partial charge in [-0.25, -0.2) is 0 Å². The molecule has 1 aromatic carbocycles. The lowest BCUT2D eigenvalue weighted by atomic mass is 10.2. The number of rotatable bonds is 7. The second-order valence-corrected chi connectivity index (χ2v) is 8.37. The van der Waals surface area contributed by atoms with E-state index >= 15 is 0 Å². The van der Waals surface area contributed by atoms with Crippen molar-refractivity contribution in [2.75, 3.05) is 32.9 Å². The van der Waals surface area contributed by atoms with Gasteiger partial charge in [0.25, 0.3) is 0 Å². The van der Waals surface area contributed by atoms with E-state index in [2.05, 4.69) is 31.6 Å². The molecule has 25 heavy (non-hydrogen) atoms. The van der Waals surface area contributed by atoms with Gasteiger partial charge in [0.05, 0.1) is 0 Å². The van der Waals surface area contributed by atoms with Gasteiger partial charge in [0.15, 0.2) is 5.96 Å². The van der Waals surface area contributed by atoms with Crippen LogP contribution in [0.5, 0.6) is 0 Å². The number of hydrogen-bond acceptors (Lipinski definition) is 3. The number of hydrogen-bond donors (Lipinski definition) is 2. The van der Waals surface area contributed by atoms with Crippen LogP contribution in [0.3, 0.4) is 0 Å². The van der Waals surface area contributed by atoms with Crippen LogP contribution in [0.2, 0.25) is 0 Å². The van der Waals surface area contributed by atoms with Gasteiger partial charge in [0.1, 0.15) is 0 Å². The van der Waals surface area contributed by atoms with Crippen LogP contribution in [-0.2, 0) is 11.3 Å². The van der Waals surface area contributed by atoms with Crippen LogP contribution in [-0.4, -0.2) is 55.0 Å². The number of nitrogens with one attached hydrogen (secondary N) is 2. The van der Waals surface area contributed by atoms with E-state index < -0.39 is 0 Å². The van der Waals surface area contributed by atoms with Gasteiger partial charge in [-0.15, -0.1) is 0 Å². The zero-order valence-electron chi connectivity index (χ0n) is 14.9. The van der Waals surface area contributed by atoms with Gasteiger partial charge in [0.2, 0.25) is 5.91 Å². The molecule has 2 N–H and O–H groups in total. The number of amides is 1. The molecular formula is C18H27BrN4OS. The summed E-state index contributed by atoms with van der Waals surface area (Å²) in [6, 6.07) is 7.98. The summed E-state index contributed by atoms with van der Waals surface area (Å²) in [5.41, 5.74) is 1.11. The molecule has 7 heteroatoms. The molecule has 0 aromatic heterocycles. The SMILES string of the molecule is CN=C(NCCC(=O)N(C)Cc1ccccc1Br)NCC1CCCS1. The van der Waals surface area contributed by atoms with E-state index in [1.807, 2.05) is 43.1 Å². The lowest BCUT2D eigenvalue weighted by molar-refractivity contribution is -0.130. The molecule has 0 bridgehead atoms. The minimum Gasteiger partial charge on any atom is -0.356 e. The highest BCUT2D eigenvalue weighted by atomic mass is 79.9. The molecule has 1 aromatic rings. The quantitative estimate of drug-likeness (QED) is 0.519. The zero-order chi connectivity index (χ0) is 18.1. The number of aliphatic imine (C=N–C) groups is 1. The molecule has 1 fully saturated rings. The van der Waals surface area contributed by atoms with Crippen LogP contribution < -0.4 is 10.6 Å². The summed E-state index contributed by atoms with van der Waals surface area (Å²) < 4.78 is 1.03. The molecule has 1 aliphatic rings. The second-order valence-electron chi connectivity index (χ2n) is 6.11. The fourth-order valence-electron chi connectivity index (χ4n) is 2.69. The lowest BCUT2D eigenvalue weighted by Crippen LogP contribution is -2.41. The molecule has 1 heterocycles. The number of halogens is 1. The third-order valence-corrected chi connectivity index (χ3v) is 6.34. The molecule has 0 radical (unpaired) electrons. The van der Waals surface area contributed by atoms with Gasteiger partial charge in [0, 0.05) is 49.9 Å². The number of guanidine groups is 1. The Morgan fingerprint density at radius 1 is 1.40 bits per heavy atom. The minimum absolute atomic E-state index is 0.116. The fourth-order valence-corrected chi connectivity index (χ4v) is 4.30. The van der Waals surface area contributed by atoms with Gasteiger partial charge >= 0.3 is 0 Å². The average Bonchev–Trinajstić information content (AvgIpc) is 3.13. The summed E-state index contributed by atoms with van der Waals surface area (Å²) in [4.78, 5) is 18.3. The van der Waals surface area contributed by atoms with E-state index in [1.54, 1.807) is 11.9 Å². The van der Waals surface area contributed by atoms with Crippen molar-refractivity contribution in [1.29, 1.82) is 0 Å². The summed E-state index contributed by atoms with van der Waals surface area (Å²) in [5, 5.41) is 7.25. The summed E-state index contributed by atoms with van der Waals surface area (Å²) >= 11 is 5.54. The maximum absolute atomic E-state index is 12.3. The van der Waals surface area contributed by atoms with Crippen LogP contribution >= 0.6 is 27.7 Å². The predicted molar refractivity (Wildman–Crippen MR) is 110 cm³/mol. The van der Waals surface area contributed by atoms with E-state index in [0.717, 1.165) is 22.5 Å². The molecule has 5 nitrogen and oxygen atoms in total. The monoisotopic (exact) mass is 426 g/mol. The van der Waals surface area contributed by atoms with Crippen molar-refractivity contribution in [2.24, 2.45) is 4.99 Å². The first kappa shape index (κ1) is 20.1. The molecule has 0 aliphatic carbocycles. The summed E-state index contributed by atoms with van der Waals surface area (Å²) in [6.07, 6.45) is 3.02. The van der Waals surface area contributed by atoms with E-state index in [1.165, 1.54) is 18.6 Å². The largest absolute Gasteiger partial charge is 0.356 e. The summed E-state index contributed by atoms with van der Waals surface area (Å²) in [7, 11) is 3.60. The Hall–Kier alpha value is -1.21. The van der Waals surface area contributed by atoms with Crippen molar-refractivity contribution < 1.29 is 4.79 Å². The summed E-state index contributed by atoms with van der Waals surface area (Å²) in [5.74, 6) is 2.15.